The number of rotatable bonds is 5. The molecule has 0 aromatic heterocycles. The van der Waals surface area contributed by atoms with Gasteiger partial charge in [0.1, 0.15) is 35.8 Å². The van der Waals surface area contributed by atoms with Gasteiger partial charge in [-0.2, -0.15) is 0 Å². The lowest BCUT2D eigenvalue weighted by atomic mass is 9.80. The highest BCUT2D eigenvalue weighted by atomic mass is 16.6. The van der Waals surface area contributed by atoms with Gasteiger partial charge in [-0.05, 0) is 48.6 Å². The minimum Gasteiger partial charge on any atom is -0.508 e. The van der Waals surface area contributed by atoms with Crippen LogP contribution in [-0.2, 0) is 23.2 Å². The minimum absolute atomic E-state index is 0.0908. The van der Waals surface area contributed by atoms with Crippen molar-refractivity contribution < 1.29 is 30.3 Å². The zero-order valence-corrected chi connectivity index (χ0v) is 16.1. The third-order valence-electron chi connectivity index (χ3n) is 5.63. The third kappa shape index (κ3) is 3.79. The lowest BCUT2D eigenvalue weighted by molar-refractivity contribution is -0.273. The molecule has 2 aromatic carbocycles. The highest BCUT2D eigenvalue weighted by Gasteiger charge is 2.52. The molecule has 2 aromatic rings. The number of hydrogen-bond donors (Lipinski definition) is 5. The molecule has 152 valence electrons. The summed E-state index contributed by atoms with van der Waals surface area (Å²) in [6.45, 7) is 3.11. The van der Waals surface area contributed by atoms with E-state index in [1.165, 1.54) is 18.6 Å². The number of aromatic hydroxyl groups is 1. The Morgan fingerprint density at radius 2 is 1.54 bits per heavy atom. The number of aliphatic hydroxyl groups excluding tert-OH is 4. The smallest absolute Gasteiger partial charge is 0.123 e. The van der Waals surface area contributed by atoms with Gasteiger partial charge in [-0.1, -0.05) is 37.3 Å². The van der Waals surface area contributed by atoms with Gasteiger partial charge < -0.3 is 30.3 Å². The zero-order chi connectivity index (χ0) is 20.5. The van der Waals surface area contributed by atoms with E-state index in [0.717, 1.165) is 17.5 Å². The average molecular weight is 388 g/mol. The molecule has 0 spiro atoms. The van der Waals surface area contributed by atoms with Gasteiger partial charge >= 0.3 is 0 Å². The summed E-state index contributed by atoms with van der Waals surface area (Å²) in [5, 5.41) is 50.7. The Bertz CT molecular complexity index is 803. The van der Waals surface area contributed by atoms with Gasteiger partial charge in [-0.15, -0.1) is 0 Å². The number of aryl methyl sites for hydroxylation is 1. The van der Waals surface area contributed by atoms with Crippen molar-refractivity contribution in [3.8, 4) is 5.75 Å². The van der Waals surface area contributed by atoms with E-state index in [1.54, 1.807) is 12.1 Å². The first-order chi connectivity index (χ1) is 13.3. The molecule has 1 aliphatic rings. The summed E-state index contributed by atoms with van der Waals surface area (Å²) in [7, 11) is 0. The molecule has 28 heavy (non-hydrogen) atoms. The van der Waals surface area contributed by atoms with E-state index in [4.69, 9.17) is 4.74 Å². The number of phenols is 1. The fourth-order valence-electron chi connectivity index (χ4n) is 3.77. The Morgan fingerprint density at radius 3 is 2.14 bits per heavy atom. The summed E-state index contributed by atoms with van der Waals surface area (Å²) in [5.74, 6) is -0.0908. The van der Waals surface area contributed by atoms with Gasteiger partial charge in [0.05, 0.1) is 6.61 Å². The van der Waals surface area contributed by atoms with Gasteiger partial charge in [0.25, 0.3) is 0 Å². The summed E-state index contributed by atoms with van der Waals surface area (Å²) in [5.41, 5.74) is 2.07. The summed E-state index contributed by atoms with van der Waals surface area (Å²) in [6.07, 6.45) is -3.89. The van der Waals surface area contributed by atoms with Crippen LogP contribution >= 0.6 is 0 Å². The SMILES string of the molecule is CCc1ccc(Cc2ccc(O)c([C@]3(C)O[C@H](CO)[C@@H](O)[C@H](O)[C@H]3O)c2)cc1. The van der Waals surface area contributed by atoms with Crippen LogP contribution in [0.15, 0.2) is 42.5 Å². The van der Waals surface area contributed by atoms with Gasteiger partial charge in [-0.3, -0.25) is 0 Å². The molecule has 1 aliphatic heterocycles. The van der Waals surface area contributed by atoms with Crippen molar-refractivity contribution in [1.29, 1.82) is 0 Å². The normalized spacial score (nSPS) is 30.4. The summed E-state index contributed by atoms with van der Waals surface area (Å²) < 4.78 is 5.75. The number of benzene rings is 2. The van der Waals surface area contributed by atoms with Crippen LogP contribution in [-0.4, -0.2) is 56.6 Å². The standard InChI is InChI=1S/C22H28O6/c1-3-13-4-6-14(7-5-13)10-15-8-9-17(24)16(11-15)22(2)21(27)20(26)19(25)18(12-23)28-22/h4-9,11,18-21,23-27H,3,10,12H2,1-2H3/t18-,19-,20+,21-,22+/m1/s1. The summed E-state index contributed by atoms with van der Waals surface area (Å²) >= 11 is 0. The van der Waals surface area contributed by atoms with Crippen molar-refractivity contribution in [2.45, 2.75) is 56.7 Å². The topological polar surface area (TPSA) is 110 Å². The molecule has 0 aliphatic carbocycles. The third-order valence-corrected chi connectivity index (χ3v) is 5.63. The molecule has 0 unspecified atom stereocenters. The van der Waals surface area contributed by atoms with Crippen LogP contribution in [0.4, 0.5) is 0 Å². The maximum absolute atomic E-state index is 10.6. The van der Waals surface area contributed by atoms with Crippen LogP contribution < -0.4 is 0 Å². The van der Waals surface area contributed by atoms with E-state index in [0.29, 0.717) is 12.0 Å². The van der Waals surface area contributed by atoms with Gasteiger partial charge in [0.15, 0.2) is 0 Å². The first kappa shape index (κ1) is 20.8. The Morgan fingerprint density at radius 1 is 0.929 bits per heavy atom. The second kappa shape index (κ2) is 8.19. The first-order valence-corrected chi connectivity index (χ1v) is 9.53. The Hall–Kier alpha value is -1.96. The number of aliphatic hydroxyl groups is 4. The molecule has 1 heterocycles. The Balaban J connectivity index is 1.93. The van der Waals surface area contributed by atoms with Crippen molar-refractivity contribution in [2.24, 2.45) is 0 Å². The lowest BCUT2D eigenvalue weighted by Gasteiger charge is -2.47. The molecule has 5 N–H and O–H groups in total. The second-order valence-corrected chi connectivity index (χ2v) is 7.57. The van der Waals surface area contributed by atoms with Crippen LogP contribution in [0.5, 0.6) is 5.75 Å². The van der Waals surface area contributed by atoms with Crippen molar-refractivity contribution >= 4 is 0 Å². The van der Waals surface area contributed by atoms with E-state index < -0.39 is 36.6 Å². The fraction of sp³-hybridized carbons (Fsp3) is 0.455. The highest BCUT2D eigenvalue weighted by molar-refractivity contribution is 5.43. The van der Waals surface area contributed by atoms with E-state index in [1.807, 2.05) is 0 Å². The maximum Gasteiger partial charge on any atom is 0.123 e. The number of hydrogen-bond acceptors (Lipinski definition) is 6. The second-order valence-electron chi connectivity index (χ2n) is 7.57. The van der Waals surface area contributed by atoms with Crippen LogP contribution in [0.25, 0.3) is 0 Å². The number of phenolic OH excluding ortho intramolecular Hbond substituents is 1. The zero-order valence-electron chi connectivity index (χ0n) is 16.1. The van der Waals surface area contributed by atoms with Gasteiger partial charge in [0, 0.05) is 5.56 Å². The Kier molecular flexibility index (Phi) is 6.07. The van der Waals surface area contributed by atoms with Crippen molar-refractivity contribution in [3.05, 3.63) is 64.7 Å². The van der Waals surface area contributed by atoms with Crippen molar-refractivity contribution in [2.75, 3.05) is 6.61 Å². The predicted molar refractivity (Wildman–Crippen MR) is 104 cm³/mol. The van der Waals surface area contributed by atoms with Crippen molar-refractivity contribution in [1.82, 2.24) is 0 Å². The average Bonchev–Trinajstić information content (AvgIpc) is 2.71. The molecule has 0 amide bonds. The summed E-state index contributed by atoms with van der Waals surface area (Å²) in [6, 6.07) is 13.3. The van der Waals surface area contributed by atoms with Crippen LogP contribution in [0.2, 0.25) is 0 Å². The molecule has 1 fully saturated rings. The van der Waals surface area contributed by atoms with Crippen molar-refractivity contribution in [3.63, 3.8) is 0 Å². The molecule has 1 saturated heterocycles. The van der Waals surface area contributed by atoms with E-state index >= 15 is 0 Å². The van der Waals surface area contributed by atoms with Crippen LogP contribution in [0.3, 0.4) is 0 Å². The molecule has 6 heteroatoms. The van der Waals surface area contributed by atoms with Gasteiger partial charge in [0.2, 0.25) is 0 Å². The molecule has 6 nitrogen and oxygen atoms in total. The minimum atomic E-state index is -1.51. The molecular formula is C22H28O6. The molecule has 0 radical (unpaired) electrons. The van der Waals surface area contributed by atoms with Crippen LogP contribution in [0, 0.1) is 0 Å². The number of ether oxygens (including phenoxy) is 1. The van der Waals surface area contributed by atoms with Crippen LogP contribution in [0.1, 0.15) is 36.1 Å². The fourth-order valence-corrected chi connectivity index (χ4v) is 3.77. The molecule has 0 bridgehead atoms. The van der Waals surface area contributed by atoms with E-state index in [9.17, 15) is 25.5 Å². The lowest BCUT2D eigenvalue weighted by Crippen LogP contribution is -2.62. The quantitative estimate of drug-likeness (QED) is 0.527. The van der Waals surface area contributed by atoms with E-state index in [-0.39, 0.29) is 5.75 Å². The van der Waals surface area contributed by atoms with Gasteiger partial charge in [-0.25, -0.2) is 0 Å². The molecule has 3 rings (SSSR count). The monoisotopic (exact) mass is 388 g/mol. The predicted octanol–water partition coefficient (Wildman–Crippen LogP) is 1.23. The largest absolute Gasteiger partial charge is 0.508 e. The Labute approximate surface area is 164 Å². The summed E-state index contributed by atoms with van der Waals surface area (Å²) in [4.78, 5) is 0. The molecular weight excluding hydrogens is 360 g/mol. The molecule has 5 atom stereocenters. The maximum atomic E-state index is 10.6. The van der Waals surface area contributed by atoms with E-state index in [2.05, 4.69) is 31.2 Å². The first-order valence-electron chi connectivity index (χ1n) is 9.53. The highest BCUT2D eigenvalue weighted by Crippen LogP contribution is 2.42. The molecule has 0 saturated carbocycles.